The van der Waals surface area contributed by atoms with Crippen LogP contribution in [-0.2, 0) is 0 Å². The fourth-order valence-corrected chi connectivity index (χ4v) is 1.78. The first-order chi connectivity index (χ1) is 7.34. The number of carbonyl (C=O) groups is 1. The van der Waals surface area contributed by atoms with E-state index in [0.717, 1.165) is 13.1 Å². The van der Waals surface area contributed by atoms with Gasteiger partial charge in [-0.25, -0.2) is 4.79 Å². The van der Waals surface area contributed by atoms with Gasteiger partial charge in [-0.2, -0.15) is 0 Å². The van der Waals surface area contributed by atoms with E-state index in [9.17, 15) is 4.79 Å². The topological polar surface area (TPSA) is 26.8 Å². The number of rotatable bonds is 3. The summed E-state index contributed by atoms with van der Waals surface area (Å²) in [5.41, 5.74) is 0. The number of likely N-dealkylation sites (tertiary alicyclic amines) is 1. The lowest BCUT2D eigenvalue weighted by molar-refractivity contribution is 0.0337. The van der Waals surface area contributed by atoms with Gasteiger partial charge in [0.1, 0.15) is 0 Å². The van der Waals surface area contributed by atoms with Crippen molar-refractivity contribution in [3.63, 3.8) is 0 Å². The van der Waals surface area contributed by atoms with Crippen molar-refractivity contribution < 1.29 is 4.79 Å². The van der Waals surface area contributed by atoms with E-state index in [1.165, 1.54) is 0 Å². The van der Waals surface area contributed by atoms with Gasteiger partial charge in [-0.3, -0.25) is 4.90 Å². The number of likely N-dealkylation sites (N-methyl/N-ethyl adjacent to an activating group) is 1. The molecule has 0 aromatic rings. The Hall–Kier alpha value is -0.770. The Morgan fingerprint density at radius 1 is 1.19 bits per heavy atom. The third-order valence-electron chi connectivity index (χ3n) is 3.55. The van der Waals surface area contributed by atoms with Crippen molar-refractivity contribution in [2.75, 3.05) is 27.2 Å². The maximum atomic E-state index is 12.0. The monoisotopic (exact) mass is 227 g/mol. The van der Waals surface area contributed by atoms with E-state index in [-0.39, 0.29) is 12.1 Å². The summed E-state index contributed by atoms with van der Waals surface area (Å²) in [5.74, 6) is 0. The number of nitrogens with zero attached hydrogens (tertiary/aromatic N) is 3. The second-order valence-corrected chi connectivity index (χ2v) is 5.30. The van der Waals surface area contributed by atoms with Gasteiger partial charge in [0.2, 0.25) is 0 Å². The van der Waals surface area contributed by atoms with Crippen molar-refractivity contribution in [1.29, 1.82) is 0 Å². The Balaban J connectivity index is 2.42. The number of urea groups is 1. The van der Waals surface area contributed by atoms with E-state index < -0.39 is 0 Å². The molecule has 1 saturated heterocycles. The van der Waals surface area contributed by atoms with Crippen LogP contribution in [0.1, 0.15) is 27.7 Å². The SMILES string of the molecule is CC(C)N1CC(N(C)C(=O)N(C)C(C)C)C1. The van der Waals surface area contributed by atoms with Gasteiger partial charge in [0.15, 0.2) is 0 Å². The van der Waals surface area contributed by atoms with Crippen LogP contribution in [0.5, 0.6) is 0 Å². The Kier molecular flexibility index (Phi) is 4.19. The maximum absolute atomic E-state index is 12.0. The Morgan fingerprint density at radius 3 is 2.06 bits per heavy atom. The molecule has 0 aromatic heterocycles. The van der Waals surface area contributed by atoms with Crippen molar-refractivity contribution in [2.45, 2.75) is 45.8 Å². The zero-order valence-electron chi connectivity index (χ0n) is 11.4. The summed E-state index contributed by atoms with van der Waals surface area (Å²) in [4.78, 5) is 18.1. The smallest absolute Gasteiger partial charge is 0.320 e. The second-order valence-electron chi connectivity index (χ2n) is 5.30. The van der Waals surface area contributed by atoms with Crippen molar-refractivity contribution >= 4 is 6.03 Å². The Bertz CT molecular complexity index is 247. The fourth-order valence-electron chi connectivity index (χ4n) is 1.78. The molecule has 0 atom stereocenters. The lowest BCUT2D eigenvalue weighted by atomic mass is 10.1. The third kappa shape index (κ3) is 2.67. The molecule has 0 N–H and O–H groups in total. The number of hydrogen-bond donors (Lipinski definition) is 0. The van der Waals surface area contributed by atoms with Crippen LogP contribution in [0.15, 0.2) is 0 Å². The quantitative estimate of drug-likeness (QED) is 0.730. The lowest BCUT2D eigenvalue weighted by Crippen LogP contribution is -2.63. The van der Waals surface area contributed by atoms with Gasteiger partial charge in [0.05, 0.1) is 6.04 Å². The first-order valence-electron chi connectivity index (χ1n) is 6.08. The Labute approximate surface area is 99.2 Å². The molecule has 2 amide bonds. The summed E-state index contributed by atoms with van der Waals surface area (Å²) in [5, 5.41) is 0. The van der Waals surface area contributed by atoms with Crippen LogP contribution in [0, 0.1) is 0 Å². The van der Waals surface area contributed by atoms with E-state index in [1.54, 1.807) is 4.90 Å². The molecule has 16 heavy (non-hydrogen) atoms. The van der Waals surface area contributed by atoms with Crippen LogP contribution in [0.2, 0.25) is 0 Å². The molecule has 0 aromatic carbocycles. The molecular weight excluding hydrogens is 202 g/mol. The lowest BCUT2D eigenvalue weighted by Gasteiger charge is -2.47. The van der Waals surface area contributed by atoms with Gasteiger partial charge in [0, 0.05) is 39.3 Å². The predicted octanol–water partition coefficient (Wildman–Crippen LogP) is 1.47. The highest BCUT2D eigenvalue weighted by Gasteiger charge is 2.34. The standard InChI is InChI=1S/C12H25N3O/c1-9(2)13(5)12(16)14(6)11-7-15(8-11)10(3)4/h9-11H,7-8H2,1-6H3. The minimum atomic E-state index is 0.128. The highest BCUT2D eigenvalue weighted by Crippen LogP contribution is 2.17. The highest BCUT2D eigenvalue weighted by atomic mass is 16.2. The maximum Gasteiger partial charge on any atom is 0.320 e. The molecule has 0 aliphatic carbocycles. The minimum Gasteiger partial charge on any atom is -0.325 e. The van der Waals surface area contributed by atoms with Crippen LogP contribution in [-0.4, -0.2) is 66.0 Å². The molecule has 94 valence electrons. The van der Waals surface area contributed by atoms with Gasteiger partial charge in [-0.1, -0.05) is 0 Å². The fraction of sp³-hybridized carbons (Fsp3) is 0.917. The molecule has 1 aliphatic rings. The average Bonchev–Trinajstić information content (AvgIpc) is 2.12. The summed E-state index contributed by atoms with van der Waals surface area (Å²) < 4.78 is 0. The van der Waals surface area contributed by atoms with Gasteiger partial charge in [-0.15, -0.1) is 0 Å². The van der Waals surface area contributed by atoms with Gasteiger partial charge in [0.25, 0.3) is 0 Å². The number of carbonyl (C=O) groups excluding carboxylic acids is 1. The van der Waals surface area contributed by atoms with Crippen molar-refractivity contribution in [2.24, 2.45) is 0 Å². The predicted molar refractivity (Wildman–Crippen MR) is 66.6 cm³/mol. The number of amides is 2. The molecule has 0 radical (unpaired) electrons. The van der Waals surface area contributed by atoms with Crippen molar-refractivity contribution in [1.82, 2.24) is 14.7 Å². The summed E-state index contributed by atoms with van der Waals surface area (Å²) in [6.45, 7) is 10.5. The second kappa shape index (κ2) is 5.04. The molecule has 1 fully saturated rings. The normalized spacial score (nSPS) is 17.8. The molecule has 0 bridgehead atoms. The highest BCUT2D eigenvalue weighted by molar-refractivity contribution is 5.74. The van der Waals surface area contributed by atoms with Crippen LogP contribution in [0.25, 0.3) is 0 Å². The molecule has 0 unspecified atom stereocenters. The largest absolute Gasteiger partial charge is 0.325 e. The average molecular weight is 227 g/mol. The van der Waals surface area contributed by atoms with Gasteiger partial charge in [-0.05, 0) is 27.7 Å². The van der Waals surface area contributed by atoms with Crippen LogP contribution in [0.3, 0.4) is 0 Å². The van der Waals surface area contributed by atoms with E-state index in [0.29, 0.717) is 12.1 Å². The molecule has 4 heteroatoms. The molecule has 0 saturated carbocycles. The van der Waals surface area contributed by atoms with Crippen LogP contribution < -0.4 is 0 Å². The van der Waals surface area contributed by atoms with Gasteiger partial charge >= 0.3 is 6.03 Å². The van der Waals surface area contributed by atoms with Crippen molar-refractivity contribution in [3.8, 4) is 0 Å². The molecule has 1 rings (SSSR count). The van der Waals surface area contributed by atoms with E-state index in [2.05, 4.69) is 18.7 Å². The van der Waals surface area contributed by atoms with E-state index in [1.807, 2.05) is 32.8 Å². The molecular formula is C12H25N3O. The molecule has 4 nitrogen and oxygen atoms in total. The van der Waals surface area contributed by atoms with Gasteiger partial charge < -0.3 is 9.80 Å². The van der Waals surface area contributed by atoms with E-state index >= 15 is 0 Å². The number of hydrogen-bond acceptors (Lipinski definition) is 2. The van der Waals surface area contributed by atoms with Crippen LogP contribution >= 0.6 is 0 Å². The molecule has 1 aliphatic heterocycles. The molecule has 1 heterocycles. The summed E-state index contributed by atoms with van der Waals surface area (Å²) >= 11 is 0. The Morgan fingerprint density at radius 2 is 1.69 bits per heavy atom. The zero-order valence-corrected chi connectivity index (χ0v) is 11.4. The summed E-state index contributed by atoms with van der Waals surface area (Å²) in [6, 6.07) is 1.36. The first-order valence-corrected chi connectivity index (χ1v) is 6.08. The summed E-state index contributed by atoms with van der Waals surface area (Å²) in [6.07, 6.45) is 0. The van der Waals surface area contributed by atoms with Crippen molar-refractivity contribution in [3.05, 3.63) is 0 Å². The zero-order chi connectivity index (χ0) is 12.5. The first kappa shape index (κ1) is 13.3. The summed E-state index contributed by atoms with van der Waals surface area (Å²) in [7, 11) is 3.77. The van der Waals surface area contributed by atoms with E-state index in [4.69, 9.17) is 0 Å². The van der Waals surface area contributed by atoms with Crippen LogP contribution in [0.4, 0.5) is 4.79 Å². The third-order valence-corrected chi connectivity index (χ3v) is 3.55. The minimum absolute atomic E-state index is 0.128. The molecule has 0 spiro atoms.